The highest BCUT2D eigenvalue weighted by Gasteiger charge is 1.79. The van der Waals surface area contributed by atoms with Gasteiger partial charge in [-0.25, -0.2) is 0 Å². The molecule has 0 saturated heterocycles. The van der Waals surface area contributed by atoms with Crippen LogP contribution in [0.15, 0.2) is 28.8 Å². The highest BCUT2D eigenvalue weighted by molar-refractivity contribution is 6.39. The Morgan fingerprint density at radius 3 is 2.89 bits per heavy atom. The van der Waals surface area contributed by atoms with Crippen LogP contribution in [0.4, 0.5) is 0 Å². The van der Waals surface area contributed by atoms with Gasteiger partial charge in [0.25, 0.3) is 0 Å². The van der Waals surface area contributed by atoms with Gasteiger partial charge < -0.3 is 0 Å². The highest BCUT2D eigenvalue weighted by Crippen LogP contribution is 1.98. The van der Waals surface area contributed by atoms with Gasteiger partial charge in [-0.05, 0) is 6.42 Å². The largest absolute Gasteiger partial charge is 0.295 e. The maximum Gasteiger partial charge on any atom is 0.0547 e. The van der Waals surface area contributed by atoms with E-state index in [1.807, 2.05) is 6.08 Å². The van der Waals surface area contributed by atoms with E-state index in [4.69, 9.17) is 11.6 Å². The van der Waals surface area contributed by atoms with Crippen LogP contribution >= 0.6 is 11.6 Å². The van der Waals surface area contributed by atoms with Crippen molar-refractivity contribution in [1.29, 1.82) is 0 Å². The Labute approximate surface area is 60.7 Å². The van der Waals surface area contributed by atoms with Gasteiger partial charge in [0.15, 0.2) is 0 Å². The average Bonchev–Trinajstić information content (AvgIpc) is 1.85. The van der Waals surface area contributed by atoms with E-state index < -0.39 is 0 Å². The van der Waals surface area contributed by atoms with Crippen molar-refractivity contribution in [2.75, 3.05) is 7.05 Å². The predicted octanol–water partition coefficient (Wildman–Crippen LogP) is 2.39. The molecule has 0 radical (unpaired) electrons. The second-order valence-corrected chi connectivity index (χ2v) is 1.94. The Morgan fingerprint density at radius 1 is 1.78 bits per heavy atom. The lowest BCUT2D eigenvalue weighted by Gasteiger charge is -1.83. The van der Waals surface area contributed by atoms with Crippen molar-refractivity contribution in [3.63, 3.8) is 0 Å². The fraction of sp³-hybridized carbons (Fsp3) is 0.286. The zero-order valence-electron chi connectivity index (χ0n) is 5.47. The second-order valence-electron chi connectivity index (χ2n) is 1.50. The summed E-state index contributed by atoms with van der Waals surface area (Å²) in [7, 11) is 1.68. The average molecular weight is 144 g/mol. The van der Waals surface area contributed by atoms with Gasteiger partial charge in [0.2, 0.25) is 0 Å². The molecule has 0 heterocycles. The number of halogens is 1. The van der Waals surface area contributed by atoms with Crippen LogP contribution in [-0.4, -0.2) is 13.3 Å². The first kappa shape index (κ1) is 8.44. The van der Waals surface area contributed by atoms with Crippen LogP contribution in [0.2, 0.25) is 0 Å². The normalized spacial score (nSPS) is 12.4. The Kier molecular flexibility index (Phi) is 5.23. The quantitative estimate of drug-likeness (QED) is 0.425. The Balaban J connectivity index is 3.68. The van der Waals surface area contributed by atoms with E-state index in [0.717, 1.165) is 6.42 Å². The van der Waals surface area contributed by atoms with E-state index in [0.29, 0.717) is 5.03 Å². The van der Waals surface area contributed by atoms with Crippen molar-refractivity contribution < 1.29 is 0 Å². The lowest BCUT2D eigenvalue weighted by atomic mass is 10.4. The van der Waals surface area contributed by atoms with Gasteiger partial charge in [0.1, 0.15) is 0 Å². The van der Waals surface area contributed by atoms with Crippen LogP contribution in [0.25, 0.3) is 0 Å². The number of allylic oxidation sites excluding steroid dienone is 3. The van der Waals surface area contributed by atoms with Gasteiger partial charge in [-0.15, -0.1) is 6.58 Å². The standard InChI is InChI=1S/C7H10ClN/c1-3-4-5-7(8)6-9-2/h3,5-6H,1,4H2,2H3/b7-5+,9-6?. The summed E-state index contributed by atoms with van der Waals surface area (Å²) in [5.74, 6) is 0. The highest BCUT2D eigenvalue weighted by atomic mass is 35.5. The van der Waals surface area contributed by atoms with Crippen molar-refractivity contribution in [2.24, 2.45) is 4.99 Å². The molecule has 0 aromatic rings. The molecule has 0 aromatic carbocycles. The van der Waals surface area contributed by atoms with Crippen molar-refractivity contribution in [2.45, 2.75) is 6.42 Å². The number of hydrogen-bond acceptors (Lipinski definition) is 1. The third-order valence-electron chi connectivity index (χ3n) is 0.732. The molecule has 9 heavy (non-hydrogen) atoms. The van der Waals surface area contributed by atoms with Crippen LogP contribution in [0.5, 0.6) is 0 Å². The molecule has 0 atom stereocenters. The number of rotatable bonds is 3. The number of nitrogens with zero attached hydrogens (tertiary/aromatic N) is 1. The summed E-state index contributed by atoms with van der Waals surface area (Å²) in [5.41, 5.74) is 0. The second kappa shape index (κ2) is 5.57. The minimum absolute atomic E-state index is 0.664. The molecule has 0 aliphatic carbocycles. The molecular formula is C7H10ClN. The Bertz CT molecular complexity index is 136. The molecule has 2 heteroatoms. The van der Waals surface area contributed by atoms with Gasteiger partial charge in [0, 0.05) is 13.3 Å². The smallest absolute Gasteiger partial charge is 0.0547 e. The molecule has 0 aliphatic heterocycles. The van der Waals surface area contributed by atoms with Crippen molar-refractivity contribution in [3.8, 4) is 0 Å². The van der Waals surface area contributed by atoms with E-state index in [1.165, 1.54) is 0 Å². The van der Waals surface area contributed by atoms with E-state index in [1.54, 1.807) is 19.3 Å². The van der Waals surface area contributed by atoms with Crippen molar-refractivity contribution in [3.05, 3.63) is 23.8 Å². The van der Waals surface area contributed by atoms with E-state index in [2.05, 4.69) is 11.6 Å². The summed E-state index contributed by atoms with van der Waals surface area (Å²) >= 11 is 5.62. The molecule has 50 valence electrons. The molecule has 0 aliphatic rings. The lowest BCUT2D eigenvalue weighted by molar-refractivity contribution is 1.40. The van der Waals surface area contributed by atoms with Gasteiger partial charge in [-0.1, -0.05) is 23.8 Å². The third kappa shape index (κ3) is 5.31. The number of hydrogen-bond donors (Lipinski definition) is 0. The SMILES string of the molecule is C=CC/C=C(/Cl)C=NC. The Morgan fingerprint density at radius 2 is 2.44 bits per heavy atom. The first-order valence-corrected chi connectivity index (χ1v) is 3.07. The molecule has 0 fully saturated rings. The fourth-order valence-corrected chi connectivity index (χ4v) is 0.559. The zero-order valence-corrected chi connectivity index (χ0v) is 6.23. The van der Waals surface area contributed by atoms with Gasteiger partial charge in [-0.2, -0.15) is 0 Å². The predicted molar refractivity (Wildman–Crippen MR) is 43.2 cm³/mol. The van der Waals surface area contributed by atoms with Crippen LogP contribution in [0, 0.1) is 0 Å². The summed E-state index contributed by atoms with van der Waals surface area (Å²) in [6.45, 7) is 3.55. The van der Waals surface area contributed by atoms with Crippen LogP contribution < -0.4 is 0 Å². The van der Waals surface area contributed by atoms with E-state index in [-0.39, 0.29) is 0 Å². The first-order valence-electron chi connectivity index (χ1n) is 2.70. The van der Waals surface area contributed by atoms with Gasteiger partial charge in [0.05, 0.1) is 5.03 Å². The summed E-state index contributed by atoms with van der Waals surface area (Å²) in [5, 5.41) is 0.664. The van der Waals surface area contributed by atoms with Crippen molar-refractivity contribution in [1.82, 2.24) is 0 Å². The Hall–Kier alpha value is -0.560. The first-order chi connectivity index (χ1) is 4.31. The maximum atomic E-state index is 5.62. The molecule has 0 N–H and O–H groups in total. The fourth-order valence-electron chi connectivity index (χ4n) is 0.372. The number of aliphatic imine (C=N–C) groups is 1. The molecular weight excluding hydrogens is 134 g/mol. The van der Waals surface area contributed by atoms with Crippen molar-refractivity contribution >= 4 is 17.8 Å². The molecule has 1 nitrogen and oxygen atoms in total. The summed E-state index contributed by atoms with van der Waals surface area (Å²) < 4.78 is 0. The molecule has 0 spiro atoms. The minimum atomic E-state index is 0.664. The van der Waals surface area contributed by atoms with Gasteiger partial charge in [-0.3, -0.25) is 4.99 Å². The molecule has 0 saturated carbocycles. The minimum Gasteiger partial charge on any atom is -0.295 e. The maximum absolute atomic E-state index is 5.62. The summed E-state index contributed by atoms with van der Waals surface area (Å²) in [4.78, 5) is 3.73. The molecule has 0 bridgehead atoms. The van der Waals surface area contributed by atoms with Gasteiger partial charge >= 0.3 is 0 Å². The van der Waals surface area contributed by atoms with Crippen LogP contribution in [0.1, 0.15) is 6.42 Å². The van der Waals surface area contributed by atoms with E-state index >= 15 is 0 Å². The monoisotopic (exact) mass is 143 g/mol. The van der Waals surface area contributed by atoms with E-state index in [9.17, 15) is 0 Å². The molecule has 0 aromatic heterocycles. The summed E-state index contributed by atoms with van der Waals surface area (Å²) in [6.07, 6.45) is 6.03. The molecule has 0 unspecified atom stereocenters. The molecule has 0 rings (SSSR count). The topological polar surface area (TPSA) is 12.4 Å². The van der Waals surface area contributed by atoms with Crippen LogP contribution in [-0.2, 0) is 0 Å². The lowest BCUT2D eigenvalue weighted by Crippen LogP contribution is -1.71. The third-order valence-corrected chi connectivity index (χ3v) is 0.984. The van der Waals surface area contributed by atoms with Crippen LogP contribution in [0.3, 0.4) is 0 Å². The zero-order chi connectivity index (χ0) is 7.11. The summed E-state index contributed by atoms with van der Waals surface area (Å²) in [6, 6.07) is 0. The molecule has 0 amide bonds.